The molecule has 0 aromatic heterocycles. The fourth-order valence-electron chi connectivity index (χ4n) is 2.92. The van der Waals surface area contributed by atoms with Crippen molar-refractivity contribution in [3.8, 4) is 11.5 Å². The molecule has 1 heterocycles. The monoisotopic (exact) mass is 416 g/mol. The molecule has 0 radical (unpaired) electrons. The van der Waals surface area contributed by atoms with Gasteiger partial charge in [0, 0.05) is 12.1 Å². The van der Waals surface area contributed by atoms with Crippen LogP contribution in [-0.4, -0.2) is 34.6 Å². The molecular formula is C21H24N2O5S. The number of sulfonamides is 1. The molecule has 2 aromatic rings. The van der Waals surface area contributed by atoms with Gasteiger partial charge in [0.05, 0.1) is 17.9 Å². The summed E-state index contributed by atoms with van der Waals surface area (Å²) in [7, 11) is -1.92. The van der Waals surface area contributed by atoms with Crippen molar-refractivity contribution < 1.29 is 22.7 Å². The fourth-order valence-corrected chi connectivity index (χ4v) is 3.70. The van der Waals surface area contributed by atoms with E-state index in [1.807, 2.05) is 31.2 Å². The van der Waals surface area contributed by atoms with Gasteiger partial charge in [0.15, 0.2) is 11.5 Å². The van der Waals surface area contributed by atoms with Crippen LogP contribution in [0.5, 0.6) is 11.5 Å². The number of ether oxygens (including phenoxy) is 2. The lowest BCUT2D eigenvalue weighted by Gasteiger charge is -2.20. The van der Waals surface area contributed by atoms with Crippen LogP contribution in [0.1, 0.15) is 23.6 Å². The van der Waals surface area contributed by atoms with Crippen molar-refractivity contribution in [2.24, 2.45) is 0 Å². The van der Waals surface area contributed by atoms with Gasteiger partial charge in [-0.05, 0) is 37.2 Å². The summed E-state index contributed by atoms with van der Waals surface area (Å²) in [6.45, 7) is 2.95. The molecule has 154 valence electrons. The molecule has 2 aromatic carbocycles. The molecule has 1 aliphatic rings. The molecule has 8 heteroatoms. The summed E-state index contributed by atoms with van der Waals surface area (Å²) in [5, 5.41) is 2.87. The molecule has 0 unspecified atom stereocenters. The summed E-state index contributed by atoms with van der Waals surface area (Å²) in [6, 6.07) is 12.7. The lowest BCUT2D eigenvalue weighted by atomic mass is 10.1. The first-order chi connectivity index (χ1) is 13.9. The van der Waals surface area contributed by atoms with Crippen molar-refractivity contribution in [1.82, 2.24) is 10.0 Å². The van der Waals surface area contributed by atoms with Crippen LogP contribution in [0.25, 0.3) is 6.08 Å². The first-order valence-electron chi connectivity index (χ1n) is 9.28. The van der Waals surface area contributed by atoms with Crippen molar-refractivity contribution in [3.05, 3.63) is 64.7 Å². The average molecular weight is 416 g/mol. The molecule has 0 bridgehead atoms. The van der Waals surface area contributed by atoms with Gasteiger partial charge in [-0.25, -0.2) is 13.1 Å². The van der Waals surface area contributed by atoms with Crippen molar-refractivity contribution in [2.75, 3.05) is 20.3 Å². The molecular weight excluding hydrogens is 392 g/mol. The SMILES string of the molecule is CCOc1cccc2c1OCC(C(=O)NCc1ccc(CS(=O)(=O)NC)cc1)=C2. The zero-order valence-corrected chi connectivity index (χ0v) is 17.2. The van der Waals surface area contributed by atoms with Gasteiger partial charge in [-0.3, -0.25) is 4.79 Å². The minimum atomic E-state index is -3.31. The maximum absolute atomic E-state index is 12.5. The quantitative estimate of drug-likeness (QED) is 0.688. The lowest BCUT2D eigenvalue weighted by molar-refractivity contribution is -0.117. The standard InChI is InChI=1S/C21H24N2O5S/c1-3-27-19-6-4-5-17-11-18(13-28-20(17)19)21(24)23-12-15-7-9-16(10-8-15)14-29(25,26)22-2/h4-11,22H,3,12-14H2,1-2H3,(H,23,24). The average Bonchev–Trinajstić information content (AvgIpc) is 2.73. The minimum absolute atomic E-state index is 0.0799. The number of benzene rings is 2. The van der Waals surface area contributed by atoms with Gasteiger partial charge < -0.3 is 14.8 Å². The predicted octanol–water partition coefficient (Wildman–Crippen LogP) is 2.23. The van der Waals surface area contributed by atoms with Crippen LogP contribution in [-0.2, 0) is 27.1 Å². The highest BCUT2D eigenvalue weighted by Crippen LogP contribution is 2.35. The molecule has 1 aliphatic heterocycles. The summed E-state index contributed by atoms with van der Waals surface area (Å²) >= 11 is 0. The first-order valence-corrected chi connectivity index (χ1v) is 10.9. The lowest BCUT2D eigenvalue weighted by Crippen LogP contribution is -2.28. The minimum Gasteiger partial charge on any atom is -0.490 e. The molecule has 2 N–H and O–H groups in total. The first kappa shape index (κ1) is 20.9. The van der Waals surface area contributed by atoms with Crippen LogP contribution in [0.3, 0.4) is 0 Å². The molecule has 3 rings (SSSR count). The van der Waals surface area contributed by atoms with Crippen molar-refractivity contribution in [1.29, 1.82) is 0 Å². The summed E-state index contributed by atoms with van der Waals surface area (Å²) in [5.74, 6) is 1.03. The Labute approximate surface area is 170 Å². The summed E-state index contributed by atoms with van der Waals surface area (Å²) in [6.07, 6.45) is 1.81. The van der Waals surface area contributed by atoms with Gasteiger partial charge in [0.1, 0.15) is 6.61 Å². The third-order valence-electron chi connectivity index (χ3n) is 4.45. The normalized spacial score (nSPS) is 13.1. The number of para-hydroxylation sites is 1. The van der Waals surface area contributed by atoms with Gasteiger partial charge >= 0.3 is 0 Å². The molecule has 0 aliphatic carbocycles. The highest BCUT2D eigenvalue weighted by molar-refractivity contribution is 7.88. The Kier molecular flexibility index (Phi) is 6.56. The predicted molar refractivity (Wildman–Crippen MR) is 111 cm³/mol. The molecule has 0 saturated heterocycles. The largest absolute Gasteiger partial charge is 0.490 e. The molecule has 1 amide bonds. The Morgan fingerprint density at radius 3 is 2.55 bits per heavy atom. The Hall–Kier alpha value is -2.84. The van der Waals surface area contributed by atoms with Crippen molar-refractivity contribution in [3.63, 3.8) is 0 Å². The van der Waals surface area contributed by atoms with E-state index in [0.29, 0.717) is 35.8 Å². The Morgan fingerprint density at radius 1 is 1.14 bits per heavy atom. The van der Waals surface area contributed by atoms with E-state index in [-0.39, 0.29) is 18.3 Å². The van der Waals surface area contributed by atoms with E-state index >= 15 is 0 Å². The smallest absolute Gasteiger partial charge is 0.250 e. The molecule has 0 fully saturated rings. The number of nitrogens with one attached hydrogen (secondary N) is 2. The Morgan fingerprint density at radius 2 is 1.86 bits per heavy atom. The second kappa shape index (κ2) is 9.11. The van der Waals surface area contributed by atoms with Gasteiger partial charge in [0.2, 0.25) is 10.0 Å². The van der Waals surface area contributed by atoms with Gasteiger partial charge in [-0.1, -0.05) is 36.4 Å². The van der Waals surface area contributed by atoms with E-state index < -0.39 is 10.0 Å². The number of carbonyl (C=O) groups is 1. The highest BCUT2D eigenvalue weighted by Gasteiger charge is 2.20. The van der Waals surface area contributed by atoms with E-state index in [1.54, 1.807) is 24.3 Å². The number of fused-ring (bicyclic) bond motifs is 1. The maximum atomic E-state index is 12.5. The second-order valence-corrected chi connectivity index (χ2v) is 8.45. The summed E-state index contributed by atoms with van der Waals surface area (Å²) < 4.78 is 36.8. The third kappa shape index (κ3) is 5.36. The van der Waals surface area contributed by atoms with Crippen molar-refractivity contribution in [2.45, 2.75) is 19.2 Å². The van der Waals surface area contributed by atoms with Gasteiger partial charge in [-0.15, -0.1) is 0 Å². The number of hydrogen-bond acceptors (Lipinski definition) is 5. The third-order valence-corrected chi connectivity index (χ3v) is 5.78. The Bertz CT molecular complexity index is 1010. The zero-order valence-electron chi connectivity index (χ0n) is 16.4. The van der Waals surface area contributed by atoms with Crippen LogP contribution in [0.4, 0.5) is 0 Å². The van der Waals surface area contributed by atoms with E-state index in [9.17, 15) is 13.2 Å². The topological polar surface area (TPSA) is 93.7 Å². The number of carbonyl (C=O) groups excluding carboxylic acids is 1. The second-order valence-electron chi connectivity index (χ2n) is 6.53. The summed E-state index contributed by atoms with van der Waals surface area (Å²) in [4.78, 5) is 12.5. The zero-order chi connectivity index (χ0) is 20.9. The van der Waals surface area contributed by atoms with Crippen LogP contribution in [0.15, 0.2) is 48.0 Å². The summed E-state index contributed by atoms with van der Waals surface area (Å²) in [5.41, 5.74) is 2.89. The molecule has 0 saturated carbocycles. The Balaban J connectivity index is 1.62. The molecule has 0 spiro atoms. The van der Waals surface area contributed by atoms with Crippen LogP contribution in [0, 0.1) is 0 Å². The molecule has 29 heavy (non-hydrogen) atoms. The number of amides is 1. The van der Waals surface area contributed by atoms with E-state index in [1.165, 1.54) is 7.05 Å². The number of hydrogen-bond donors (Lipinski definition) is 2. The van der Waals surface area contributed by atoms with E-state index in [2.05, 4.69) is 10.0 Å². The van der Waals surface area contributed by atoms with E-state index in [0.717, 1.165) is 11.1 Å². The molecule has 0 atom stereocenters. The van der Waals surface area contributed by atoms with Gasteiger partial charge in [0.25, 0.3) is 5.91 Å². The maximum Gasteiger partial charge on any atom is 0.250 e. The van der Waals surface area contributed by atoms with Gasteiger partial charge in [-0.2, -0.15) is 0 Å². The van der Waals surface area contributed by atoms with Crippen molar-refractivity contribution >= 4 is 22.0 Å². The van der Waals surface area contributed by atoms with E-state index in [4.69, 9.17) is 9.47 Å². The van der Waals surface area contributed by atoms with Crippen LogP contribution < -0.4 is 19.5 Å². The fraction of sp³-hybridized carbons (Fsp3) is 0.286. The number of rotatable bonds is 8. The highest BCUT2D eigenvalue weighted by atomic mass is 32.2. The molecule has 7 nitrogen and oxygen atoms in total. The van der Waals surface area contributed by atoms with Crippen LogP contribution in [0.2, 0.25) is 0 Å². The van der Waals surface area contributed by atoms with Crippen LogP contribution >= 0.6 is 0 Å².